The lowest BCUT2D eigenvalue weighted by atomic mass is 10.3. The van der Waals surface area contributed by atoms with Crippen molar-refractivity contribution in [2.45, 2.75) is 11.8 Å². The molecular formula is C10H16N2O3S. The summed E-state index contributed by atoms with van der Waals surface area (Å²) in [6, 6.07) is 6.28. The van der Waals surface area contributed by atoms with Crippen LogP contribution in [0, 0.1) is 0 Å². The highest BCUT2D eigenvalue weighted by molar-refractivity contribution is 7.89. The molecule has 90 valence electrons. The third-order valence-corrected chi connectivity index (χ3v) is 3.21. The molecule has 0 radical (unpaired) electrons. The molecule has 1 aromatic rings. The minimum atomic E-state index is -3.63. The zero-order valence-corrected chi connectivity index (χ0v) is 9.94. The van der Waals surface area contributed by atoms with Gasteiger partial charge in [-0.3, -0.25) is 0 Å². The van der Waals surface area contributed by atoms with Gasteiger partial charge in [0.25, 0.3) is 0 Å². The second-order valence-corrected chi connectivity index (χ2v) is 4.90. The molecule has 0 aromatic heterocycles. The minimum Gasteiger partial charge on any atom is -0.395 e. The van der Waals surface area contributed by atoms with Crippen molar-refractivity contribution in [1.29, 1.82) is 0 Å². The lowest BCUT2D eigenvalue weighted by Gasteiger charge is -2.21. The minimum absolute atomic E-state index is 0.0603. The standard InChI is InChI=1S/C10H16N2O3S/c1-2-12(7-8-13)9-3-5-10(6-4-9)16(11,14)15/h3-6,13H,2,7-8H2,1H3,(H2,11,14,15). The average Bonchev–Trinajstić information content (AvgIpc) is 2.25. The number of hydrogen-bond donors (Lipinski definition) is 2. The van der Waals surface area contributed by atoms with Crippen molar-refractivity contribution in [3.05, 3.63) is 24.3 Å². The van der Waals surface area contributed by atoms with Gasteiger partial charge in [0.1, 0.15) is 0 Å². The molecule has 3 N–H and O–H groups in total. The summed E-state index contributed by atoms with van der Waals surface area (Å²) in [5.74, 6) is 0. The van der Waals surface area contributed by atoms with Crippen molar-refractivity contribution in [1.82, 2.24) is 0 Å². The van der Waals surface area contributed by atoms with Crippen molar-refractivity contribution in [3.8, 4) is 0 Å². The molecule has 0 unspecified atom stereocenters. The molecule has 0 bridgehead atoms. The zero-order valence-electron chi connectivity index (χ0n) is 9.13. The lowest BCUT2D eigenvalue weighted by Crippen LogP contribution is -2.26. The second kappa shape index (κ2) is 5.29. The molecule has 6 heteroatoms. The van der Waals surface area contributed by atoms with Gasteiger partial charge in [-0.25, -0.2) is 13.6 Å². The predicted octanol–water partition coefficient (Wildman–Crippen LogP) is 0.153. The summed E-state index contributed by atoms with van der Waals surface area (Å²) in [5, 5.41) is 13.8. The van der Waals surface area contributed by atoms with Crippen LogP contribution < -0.4 is 10.0 Å². The van der Waals surface area contributed by atoms with Crippen molar-refractivity contribution >= 4 is 15.7 Å². The lowest BCUT2D eigenvalue weighted by molar-refractivity contribution is 0.302. The van der Waals surface area contributed by atoms with Gasteiger partial charge in [-0.2, -0.15) is 0 Å². The maximum atomic E-state index is 11.0. The number of nitrogens with two attached hydrogens (primary N) is 1. The smallest absolute Gasteiger partial charge is 0.238 e. The number of aliphatic hydroxyl groups is 1. The number of nitrogens with zero attached hydrogens (tertiary/aromatic N) is 1. The fraction of sp³-hybridized carbons (Fsp3) is 0.400. The van der Waals surface area contributed by atoms with Crippen molar-refractivity contribution in [2.75, 3.05) is 24.6 Å². The van der Waals surface area contributed by atoms with E-state index in [4.69, 9.17) is 10.2 Å². The Morgan fingerprint density at radius 1 is 1.31 bits per heavy atom. The van der Waals surface area contributed by atoms with E-state index >= 15 is 0 Å². The largest absolute Gasteiger partial charge is 0.395 e. The molecule has 5 nitrogen and oxygen atoms in total. The second-order valence-electron chi connectivity index (χ2n) is 3.34. The first-order chi connectivity index (χ1) is 7.49. The van der Waals surface area contributed by atoms with Crippen LogP contribution in [0.4, 0.5) is 5.69 Å². The van der Waals surface area contributed by atoms with E-state index in [9.17, 15) is 8.42 Å². The van der Waals surface area contributed by atoms with Gasteiger partial charge in [0, 0.05) is 18.8 Å². The van der Waals surface area contributed by atoms with Gasteiger partial charge in [-0.1, -0.05) is 0 Å². The number of hydrogen-bond acceptors (Lipinski definition) is 4. The molecule has 0 saturated heterocycles. The molecule has 0 spiro atoms. The molecule has 0 atom stereocenters. The van der Waals surface area contributed by atoms with Gasteiger partial charge in [0.05, 0.1) is 11.5 Å². The van der Waals surface area contributed by atoms with E-state index in [1.165, 1.54) is 12.1 Å². The molecule has 16 heavy (non-hydrogen) atoms. The van der Waals surface area contributed by atoms with Crippen LogP contribution in [0.5, 0.6) is 0 Å². The normalized spacial score (nSPS) is 11.4. The van der Waals surface area contributed by atoms with Crippen LogP contribution >= 0.6 is 0 Å². The van der Waals surface area contributed by atoms with E-state index < -0.39 is 10.0 Å². The van der Waals surface area contributed by atoms with Gasteiger partial charge < -0.3 is 10.0 Å². The van der Waals surface area contributed by atoms with E-state index in [0.29, 0.717) is 6.54 Å². The van der Waals surface area contributed by atoms with Gasteiger partial charge in [0.15, 0.2) is 0 Å². The molecule has 1 rings (SSSR count). The summed E-state index contributed by atoms with van der Waals surface area (Å²) in [6.45, 7) is 3.29. The Morgan fingerprint density at radius 3 is 2.25 bits per heavy atom. The highest BCUT2D eigenvalue weighted by atomic mass is 32.2. The summed E-state index contributed by atoms with van der Waals surface area (Å²) in [5.41, 5.74) is 0.865. The van der Waals surface area contributed by atoms with Crippen molar-refractivity contribution in [2.24, 2.45) is 5.14 Å². The fourth-order valence-corrected chi connectivity index (χ4v) is 1.95. The highest BCUT2D eigenvalue weighted by Gasteiger charge is 2.08. The number of primary sulfonamides is 1. The zero-order chi connectivity index (χ0) is 12.2. The van der Waals surface area contributed by atoms with Crippen LogP contribution in [-0.4, -0.2) is 33.2 Å². The number of aliphatic hydroxyl groups excluding tert-OH is 1. The Morgan fingerprint density at radius 2 is 1.88 bits per heavy atom. The van der Waals surface area contributed by atoms with Gasteiger partial charge in [-0.15, -0.1) is 0 Å². The number of anilines is 1. The molecular weight excluding hydrogens is 228 g/mol. The quantitative estimate of drug-likeness (QED) is 0.772. The van der Waals surface area contributed by atoms with Crippen LogP contribution in [0.15, 0.2) is 29.2 Å². The van der Waals surface area contributed by atoms with Gasteiger partial charge in [-0.05, 0) is 31.2 Å². The molecule has 0 aliphatic carbocycles. The van der Waals surface area contributed by atoms with Crippen LogP contribution in [0.1, 0.15) is 6.92 Å². The summed E-state index contributed by atoms with van der Waals surface area (Å²) in [7, 11) is -3.63. The highest BCUT2D eigenvalue weighted by Crippen LogP contribution is 2.16. The molecule has 0 fully saturated rings. The number of benzene rings is 1. The molecule has 0 heterocycles. The van der Waals surface area contributed by atoms with E-state index in [1.54, 1.807) is 12.1 Å². The molecule has 0 aliphatic rings. The maximum Gasteiger partial charge on any atom is 0.238 e. The van der Waals surface area contributed by atoms with Crippen LogP contribution in [-0.2, 0) is 10.0 Å². The number of likely N-dealkylation sites (N-methyl/N-ethyl adjacent to an activating group) is 1. The Labute approximate surface area is 95.5 Å². The van der Waals surface area contributed by atoms with E-state index in [1.807, 2.05) is 11.8 Å². The summed E-state index contributed by atoms with van der Waals surface area (Å²) >= 11 is 0. The first-order valence-corrected chi connectivity index (χ1v) is 6.52. The van der Waals surface area contributed by atoms with Crippen molar-refractivity contribution in [3.63, 3.8) is 0 Å². The fourth-order valence-electron chi connectivity index (χ4n) is 1.44. The monoisotopic (exact) mass is 244 g/mol. The Kier molecular flexibility index (Phi) is 4.28. The Bertz CT molecular complexity index is 428. The number of sulfonamides is 1. The average molecular weight is 244 g/mol. The van der Waals surface area contributed by atoms with Crippen molar-refractivity contribution < 1.29 is 13.5 Å². The third-order valence-electron chi connectivity index (χ3n) is 2.28. The van der Waals surface area contributed by atoms with E-state index in [-0.39, 0.29) is 11.5 Å². The molecule has 0 saturated carbocycles. The molecule has 1 aromatic carbocycles. The van der Waals surface area contributed by atoms with Gasteiger partial charge in [0.2, 0.25) is 10.0 Å². The first-order valence-electron chi connectivity index (χ1n) is 4.97. The van der Waals surface area contributed by atoms with Gasteiger partial charge >= 0.3 is 0 Å². The SMILES string of the molecule is CCN(CCO)c1ccc(S(N)(=O)=O)cc1. The third kappa shape index (κ3) is 3.19. The number of rotatable bonds is 5. The van der Waals surface area contributed by atoms with E-state index in [2.05, 4.69) is 0 Å². The topological polar surface area (TPSA) is 83.6 Å². The summed E-state index contributed by atoms with van der Waals surface area (Å²) < 4.78 is 22.1. The van der Waals surface area contributed by atoms with Crippen LogP contribution in [0.3, 0.4) is 0 Å². The maximum absolute atomic E-state index is 11.0. The molecule has 0 amide bonds. The van der Waals surface area contributed by atoms with E-state index in [0.717, 1.165) is 12.2 Å². The predicted molar refractivity (Wildman–Crippen MR) is 62.8 cm³/mol. The Balaban J connectivity index is 2.93. The van der Waals surface area contributed by atoms with Crippen LogP contribution in [0.25, 0.3) is 0 Å². The summed E-state index contributed by atoms with van der Waals surface area (Å²) in [6.07, 6.45) is 0. The van der Waals surface area contributed by atoms with Crippen LogP contribution in [0.2, 0.25) is 0 Å². The Hall–Kier alpha value is -1.11. The molecule has 0 aliphatic heterocycles. The first kappa shape index (κ1) is 13.0. The summed E-state index contributed by atoms with van der Waals surface area (Å²) in [4.78, 5) is 2.03.